The van der Waals surface area contributed by atoms with Gasteiger partial charge >= 0.3 is 6.03 Å². The maximum absolute atomic E-state index is 12.3. The largest absolute Gasteiger partial charge is 0.332 e. The molecule has 3 amide bonds. The molecule has 4 saturated carbocycles. The van der Waals surface area contributed by atoms with E-state index in [1.807, 2.05) is 7.05 Å². The van der Waals surface area contributed by atoms with Crippen molar-refractivity contribution in [3.63, 3.8) is 0 Å². The molecule has 7 nitrogen and oxygen atoms in total. The number of carbonyl (C=O) groups is 2. The molecule has 0 aliphatic heterocycles. The third-order valence-electron chi connectivity index (χ3n) is 5.67. The van der Waals surface area contributed by atoms with Gasteiger partial charge in [-0.3, -0.25) is 10.1 Å². The van der Waals surface area contributed by atoms with Gasteiger partial charge in [-0.15, -0.1) is 10.2 Å². The zero-order chi connectivity index (χ0) is 16.7. The average Bonchev–Trinajstić information content (AvgIpc) is 2.88. The normalized spacial score (nSPS) is 33.5. The van der Waals surface area contributed by atoms with Crippen LogP contribution in [0.1, 0.15) is 38.5 Å². The summed E-state index contributed by atoms with van der Waals surface area (Å²) < 4.78 is 1.74. The lowest BCUT2D eigenvalue weighted by Crippen LogP contribution is -2.61. The van der Waals surface area contributed by atoms with Crippen molar-refractivity contribution in [2.45, 2.75) is 49.2 Å². The van der Waals surface area contributed by atoms with Crippen molar-refractivity contribution >= 4 is 23.7 Å². The molecule has 5 rings (SSSR count). The molecule has 4 aliphatic carbocycles. The van der Waals surface area contributed by atoms with Gasteiger partial charge in [0.1, 0.15) is 6.33 Å². The molecule has 130 valence electrons. The van der Waals surface area contributed by atoms with Crippen molar-refractivity contribution in [2.24, 2.45) is 24.8 Å². The van der Waals surface area contributed by atoms with E-state index in [2.05, 4.69) is 20.8 Å². The zero-order valence-electron chi connectivity index (χ0n) is 13.8. The molecule has 4 aliphatic rings. The Balaban J connectivity index is 1.29. The molecule has 4 bridgehead atoms. The van der Waals surface area contributed by atoms with Gasteiger partial charge in [-0.05, 0) is 56.3 Å². The molecule has 0 unspecified atom stereocenters. The summed E-state index contributed by atoms with van der Waals surface area (Å²) in [4.78, 5) is 24.3. The molecule has 1 aromatic rings. The number of hydrogen-bond acceptors (Lipinski definition) is 5. The fourth-order valence-corrected chi connectivity index (χ4v) is 5.92. The minimum Gasteiger partial charge on any atom is -0.332 e. The summed E-state index contributed by atoms with van der Waals surface area (Å²) in [6.45, 7) is 0. The second-order valence-corrected chi connectivity index (χ2v) is 8.66. The van der Waals surface area contributed by atoms with E-state index >= 15 is 0 Å². The molecular formula is C16H23N5O2S. The van der Waals surface area contributed by atoms with Crippen molar-refractivity contribution in [1.82, 2.24) is 25.4 Å². The maximum Gasteiger partial charge on any atom is 0.321 e. The Morgan fingerprint density at radius 2 is 1.88 bits per heavy atom. The van der Waals surface area contributed by atoms with Crippen LogP contribution in [0.15, 0.2) is 11.5 Å². The number of rotatable bonds is 4. The van der Waals surface area contributed by atoms with E-state index in [9.17, 15) is 9.59 Å². The van der Waals surface area contributed by atoms with Gasteiger partial charge in [-0.2, -0.15) is 0 Å². The van der Waals surface area contributed by atoms with Crippen molar-refractivity contribution in [3.8, 4) is 0 Å². The second-order valence-electron chi connectivity index (χ2n) is 7.71. The van der Waals surface area contributed by atoms with E-state index in [4.69, 9.17) is 0 Å². The Morgan fingerprint density at radius 3 is 2.42 bits per heavy atom. The quantitative estimate of drug-likeness (QED) is 0.808. The van der Waals surface area contributed by atoms with Crippen LogP contribution in [0, 0.1) is 17.8 Å². The monoisotopic (exact) mass is 349 g/mol. The van der Waals surface area contributed by atoms with Crippen molar-refractivity contribution < 1.29 is 9.59 Å². The maximum atomic E-state index is 12.3. The molecule has 2 N–H and O–H groups in total. The third kappa shape index (κ3) is 3.16. The molecule has 1 heterocycles. The first kappa shape index (κ1) is 15.9. The molecule has 0 aromatic carbocycles. The molecule has 8 heteroatoms. The number of hydrogen-bond donors (Lipinski definition) is 2. The highest BCUT2D eigenvalue weighted by molar-refractivity contribution is 7.99. The summed E-state index contributed by atoms with van der Waals surface area (Å²) in [5.74, 6) is 2.14. The summed E-state index contributed by atoms with van der Waals surface area (Å²) in [6.07, 6.45) is 8.80. The second kappa shape index (κ2) is 6.06. The van der Waals surface area contributed by atoms with Gasteiger partial charge in [0.2, 0.25) is 5.91 Å². The number of aromatic nitrogens is 3. The Morgan fingerprint density at radius 1 is 1.25 bits per heavy atom. The number of urea groups is 1. The Kier molecular flexibility index (Phi) is 4.02. The van der Waals surface area contributed by atoms with Crippen molar-refractivity contribution in [1.29, 1.82) is 0 Å². The summed E-state index contributed by atoms with van der Waals surface area (Å²) in [5.41, 5.74) is -0.0736. The molecule has 0 saturated heterocycles. The van der Waals surface area contributed by atoms with Crippen LogP contribution in [-0.2, 0) is 11.8 Å². The Bertz CT molecular complexity index is 623. The Labute approximate surface area is 145 Å². The zero-order valence-corrected chi connectivity index (χ0v) is 14.6. The van der Waals surface area contributed by atoms with E-state index < -0.39 is 0 Å². The van der Waals surface area contributed by atoms with Crippen molar-refractivity contribution in [2.75, 3.05) is 5.75 Å². The van der Waals surface area contributed by atoms with Crippen LogP contribution in [-0.4, -0.2) is 38.0 Å². The van der Waals surface area contributed by atoms with Gasteiger partial charge in [0.25, 0.3) is 0 Å². The number of carbonyl (C=O) groups excluding carboxylic acids is 2. The fourth-order valence-electron chi connectivity index (χ4n) is 5.23. The van der Waals surface area contributed by atoms with Crippen LogP contribution in [0.2, 0.25) is 0 Å². The van der Waals surface area contributed by atoms with E-state index in [0.717, 1.165) is 37.0 Å². The molecule has 0 atom stereocenters. The average molecular weight is 349 g/mol. The number of amides is 3. The van der Waals surface area contributed by atoms with E-state index in [1.165, 1.54) is 31.0 Å². The molecule has 1 aromatic heterocycles. The van der Waals surface area contributed by atoms with Crippen LogP contribution in [0.4, 0.5) is 4.79 Å². The van der Waals surface area contributed by atoms with Crippen LogP contribution >= 0.6 is 11.8 Å². The molecule has 24 heavy (non-hydrogen) atoms. The van der Waals surface area contributed by atoms with Gasteiger partial charge in [0.05, 0.1) is 5.75 Å². The highest BCUT2D eigenvalue weighted by Crippen LogP contribution is 2.55. The number of nitrogens with one attached hydrogen (secondary N) is 2. The first-order chi connectivity index (χ1) is 11.5. The number of imide groups is 1. The highest BCUT2D eigenvalue weighted by Gasteiger charge is 2.51. The van der Waals surface area contributed by atoms with E-state index in [0.29, 0.717) is 5.16 Å². The predicted molar refractivity (Wildman–Crippen MR) is 89.3 cm³/mol. The van der Waals surface area contributed by atoms with Gasteiger partial charge < -0.3 is 9.88 Å². The van der Waals surface area contributed by atoms with Crippen LogP contribution in [0.25, 0.3) is 0 Å². The molecular weight excluding hydrogens is 326 g/mol. The van der Waals surface area contributed by atoms with Crippen LogP contribution in [0.3, 0.4) is 0 Å². The lowest BCUT2D eigenvalue weighted by molar-refractivity contribution is -0.117. The summed E-state index contributed by atoms with van der Waals surface area (Å²) >= 11 is 1.27. The minimum absolute atomic E-state index is 0.0736. The lowest BCUT2D eigenvalue weighted by Gasteiger charge is -2.56. The third-order valence-corrected chi connectivity index (χ3v) is 6.71. The van der Waals surface area contributed by atoms with E-state index in [1.54, 1.807) is 10.9 Å². The number of thioether (sulfide) groups is 1. The standard InChI is InChI=1S/C16H23N5O2S/c1-21-9-17-20-15(21)24-8-13(22)18-14(23)19-16-5-10-2-11(6-16)4-12(3-10)7-16/h9-12H,2-8H2,1H3,(H2,18,19,22,23). The van der Waals surface area contributed by atoms with Crippen molar-refractivity contribution in [3.05, 3.63) is 6.33 Å². The van der Waals surface area contributed by atoms with Gasteiger partial charge in [-0.1, -0.05) is 11.8 Å². The van der Waals surface area contributed by atoms with Gasteiger partial charge in [0, 0.05) is 12.6 Å². The summed E-state index contributed by atoms with van der Waals surface area (Å²) in [6, 6.07) is -0.347. The minimum atomic E-state index is -0.347. The fraction of sp³-hybridized carbons (Fsp3) is 0.750. The lowest BCUT2D eigenvalue weighted by atomic mass is 9.53. The van der Waals surface area contributed by atoms with Crippen LogP contribution in [0.5, 0.6) is 0 Å². The predicted octanol–water partition coefficient (Wildman–Crippen LogP) is 1.70. The Hall–Kier alpha value is -1.57. The molecule has 0 radical (unpaired) electrons. The molecule has 4 fully saturated rings. The summed E-state index contributed by atoms with van der Waals surface area (Å²) in [5, 5.41) is 13.9. The van der Waals surface area contributed by atoms with E-state index in [-0.39, 0.29) is 23.2 Å². The van der Waals surface area contributed by atoms with Crippen LogP contribution < -0.4 is 10.6 Å². The summed E-state index contributed by atoms with van der Waals surface area (Å²) in [7, 11) is 1.82. The topological polar surface area (TPSA) is 88.9 Å². The number of aryl methyl sites for hydroxylation is 1. The van der Waals surface area contributed by atoms with Gasteiger partial charge in [-0.25, -0.2) is 4.79 Å². The SMILES string of the molecule is Cn1cnnc1SCC(=O)NC(=O)NC12CC3CC(CC(C3)C1)C2. The van der Waals surface area contributed by atoms with Gasteiger partial charge in [0.15, 0.2) is 5.16 Å². The molecule has 0 spiro atoms. The smallest absolute Gasteiger partial charge is 0.321 e. The first-order valence-corrected chi connectivity index (χ1v) is 9.59. The highest BCUT2D eigenvalue weighted by atomic mass is 32.2. The number of nitrogens with zero attached hydrogens (tertiary/aromatic N) is 3. The first-order valence-electron chi connectivity index (χ1n) is 8.60.